The predicted octanol–water partition coefficient (Wildman–Crippen LogP) is 3.60. The number of ether oxygens (including phenoxy) is 1. The van der Waals surface area contributed by atoms with Crippen molar-refractivity contribution in [1.82, 2.24) is 0 Å². The first-order valence-electron chi connectivity index (χ1n) is 7.09. The van der Waals surface area contributed by atoms with Crippen molar-refractivity contribution in [2.24, 2.45) is 0 Å². The van der Waals surface area contributed by atoms with Gasteiger partial charge in [-0.3, -0.25) is 4.79 Å². The summed E-state index contributed by atoms with van der Waals surface area (Å²) in [7, 11) is 0. The van der Waals surface area contributed by atoms with E-state index in [2.05, 4.69) is 5.32 Å². The van der Waals surface area contributed by atoms with Crippen LogP contribution >= 0.6 is 23.4 Å². The molecule has 0 aromatic heterocycles. The Labute approximate surface area is 153 Å². The maximum atomic E-state index is 11.9. The van der Waals surface area contributed by atoms with Crippen LogP contribution in [-0.2, 0) is 9.53 Å². The Bertz CT molecular complexity index is 865. The van der Waals surface area contributed by atoms with Crippen molar-refractivity contribution in [3.8, 4) is 5.40 Å². The van der Waals surface area contributed by atoms with E-state index in [0.29, 0.717) is 10.7 Å². The van der Waals surface area contributed by atoms with Crippen molar-refractivity contribution in [3.05, 3.63) is 52.5 Å². The van der Waals surface area contributed by atoms with Gasteiger partial charge in [-0.1, -0.05) is 11.6 Å². The first kappa shape index (κ1) is 18.6. The molecular formula is C17H14ClN3O3S. The molecule has 25 heavy (non-hydrogen) atoms. The maximum Gasteiger partial charge on any atom is 0.338 e. The van der Waals surface area contributed by atoms with Crippen LogP contribution in [-0.4, -0.2) is 18.5 Å². The molecule has 2 aromatic carbocycles. The number of carbonyl (C=O) groups excluding carboxylic acids is 2. The number of hydrogen-bond donors (Lipinski definition) is 2. The minimum absolute atomic E-state index is 0.212. The standard InChI is InChI=1S/C17H14ClN3O3S/c1-10-6-12(25-9-19)3-5-15(10)21-16(22)8-24-17(23)11-2-4-13(18)14(20)7-11/h2-7H,8,20H2,1H3,(H,21,22). The fourth-order valence-electron chi connectivity index (χ4n) is 1.96. The van der Waals surface area contributed by atoms with E-state index in [1.807, 2.05) is 5.40 Å². The molecule has 8 heteroatoms. The molecular weight excluding hydrogens is 362 g/mol. The van der Waals surface area contributed by atoms with Gasteiger partial charge in [0.2, 0.25) is 0 Å². The predicted molar refractivity (Wildman–Crippen MR) is 97.4 cm³/mol. The van der Waals surface area contributed by atoms with Crippen LogP contribution in [0.15, 0.2) is 41.3 Å². The highest BCUT2D eigenvalue weighted by molar-refractivity contribution is 8.03. The lowest BCUT2D eigenvalue weighted by atomic mass is 10.2. The Morgan fingerprint density at radius 1 is 1.32 bits per heavy atom. The van der Waals surface area contributed by atoms with Gasteiger partial charge in [-0.25, -0.2) is 4.79 Å². The normalized spacial score (nSPS) is 9.96. The number of amides is 1. The summed E-state index contributed by atoms with van der Waals surface area (Å²) < 4.78 is 4.96. The zero-order valence-corrected chi connectivity index (χ0v) is 14.8. The van der Waals surface area contributed by atoms with Crippen LogP contribution in [0.3, 0.4) is 0 Å². The number of anilines is 2. The summed E-state index contributed by atoms with van der Waals surface area (Å²) in [5.74, 6) is -1.14. The van der Waals surface area contributed by atoms with Gasteiger partial charge in [0.15, 0.2) is 6.61 Å². The average Bonchev–Trinajstić information content (AvgIpc) is 2.58. The third-order valence-electron chi connectivity index (χ3n) is 3.20. The van der Waals surface area contributed by atoms with Crippen LogP contribution in [0.25, 0.3) is 0 Å². The number of benzene rings is 2. The maximum absolute atomic E-state index is 11.9. The number of aryl methyl sites for hydroxylation is 1. The number of nitrogens with one attached hydrogen (secondary N) is 1. The summed E-state index contributed by atoms with van der Waals surface area (Å²) in [6, 6.07) is 9.53. The van der Waals surface area contributed by atoms with Crippen LogP contribution < -0.4 is 11.1 Å². The highest BCUT2D eigenvalue weighted by Gasteiger charge is 2.12. The second-order valence-corrected chi connectivity index (χ2v) is 6.30. The number of esters is 1. The Morgan fingerprint density at radius 3 is 2.72 bits per heavy atom. The van der Waals surface area contributed by atoms with Crippen molar-refractivity contribution < 1.29 is 14.3 Å². The number of nitrogens with two attached hydrogens (primary N) is 1. The van der Waals surface area contributed by atoms with Crippen LogP contribution in [0.2, 0.25) is 5.02 Å². The third-order valence-corrected chi connectivity index (χ3v) is 4.13. The number of nitrogens with zero attached hydrogens (tertiary/aromatic N) is 1. The lowest BCUT2D eigenvalue weighted by Crippen LogP contribution is -2.21. The first-order chi connectivity index (χ1) is 11.9. The molecule has 1 amide bonds. The summed E-state index contributed by atoms with van der Waals surface area (Å²) in [5.41, 5.74) is 7.47. The minimum Gasteiger partial charge on any atom is -0.452 e. The summed E-state index contributed by atoms with van der Waals surface area (Å²) in [4.78, 5) is 24.6. The number of nitrogen functional groups attached to an aromatic ring is 1. The molecule has 0 spiro atoms. The van der Waals surface area contributed by atoms with E-state index in [1.165, 1.54) is 18.2 Å². The molecule has 6 nitrogen and oxygen atoms in total. The summed E-state index contributed by atoms with van der Waals surface area (Å²) in [6.07, 6.45) is 0. The second-order valence-electron chi connectivity index (χ2n) is 5.03. The molecule has 0 unspecified atom stereocenters. The molecule has 0 atom stereocenters. The number of rotatable bonds is 5. The molecule has 2 rings (SSSR count). The Morgan fingerprint density at radius 2 is 2.08 bits per heavy atom. The second kappa shape index (κ2) is 8.42. The number of carbonyl (C=O) groups is 2. The molecule has 128 valence electrons. The lowest BCUT2D eigenvalue weighted by molar-refractivity contribution is -0.119. The highest BCUT2D eigenvalue weighted by atomic mass is 35.5. The Balaban J connectivity index is 1.93. The van der Waals surface area contributed by atoms with Crippen LogP contribution in [0.4, 0.5) is 11.4 Å². The van der Waals surface area contributed by atoms with Crippen molar-refractivity contribution in [3.63, 3.8) is 0 Å². The molecule has 0 fully saturated rings. The van der Waals surface area contributed by atoms with Gasteiger partial charge in [-0.05, 0) is 60.6 Å². The van der Waals surface area contributed by atoms with E-state index >= 15 is 0 Å². The number of halogens is 1. The van der Waals surface area contributed by atoms with Crippen molar-refractivity contribution >= 4 is 46.6 Å². The molecule has 0 saturated carbocycles. The summed E-state index contributed by atoms with van der Waals surface area (Å²) in [6.45, 7) is 1.37. The molecule has 3 N–H and O–H groups in total. The van der Waals surface area contributed by atoms with Gasteiger partial charge in [0.1, 0.15) is 5.40 Å². The van der Waals surface area contributed by atoms with E-state index in [9.17, 15) is 9.59 Å². The molecule has 2 aromatic rings. The van der Waals surface area contributed by atoms with Gasteiger partial charge in [-0.2, -0.15) is 5.26 Å². The largest absolute Gasteiger partial charge is 0.452 e. The number of thioether (sulfide) groups is 1. The fourth-order valence-corrected chi connectivity index (χ4v) is 2.56. The van der Waals surface area contributed by atoms with Crippen LogP contribution in [0.1, 0.15) is 15.9 Å². The highest BCUT2D eigenvalue weighted by Crippen LogP contribution is 2.23. The number of nitriles is 1. The zero-order valence-electron chi connectivity index (χ0n) is 13.2. The van der Waals surface area contributed by atoms with Crippen LogP contribution in [0, 0.1) is 17.6 Å². The fraction of sp³-hybridized carbons (Fsp3) is 0.118. The van der Waals surface area contributed by atoms with Crippen molar-refractivity contribution in [2.45, 2.75) is 11.8 Å². The van der Waals surface area contributed by atoms with Gasteiger partial charge in [0.05, 0.1) is 16.3 Å². The quantitative estimate of drug-likeness (QED) is 0.358. The first-order valence-corrected chi connectivity index (χ1v) is 8.28. The molecule has 0 aliphatic heterocycles. The molecule has 0 radical (unpaired) electrons. The average molecular weight is 376 g/mol. The van der Waals surface area contributed by atoms with E-state index in [-0.39, 0.29) is 11.3 Å². The smallest absolute Gasteiger partial charge is 0.338 e. The van der Waals surface area contributed by atoms with E-state index < -0.39 is 18.5 Å². The molecule has 0 saturated heterocycles. The van der Waals surface area contributed by atoms with Gasteiger partial charge in [-0.15, -0.1) is 0 Å². The Hall–Kier alpha value is -2.69. The monoisotopic (exact) mass is 375 g/mol. The molecule has 0 aliphatic carbocycles. The van der Waals surface area contributed by atoms with Crippen LogP contribution in [0.5, 0.6) is 0 Å². The van der Waals surface area contributed by atoms with E-state index in [1.54, 1.807) is 25.1 Å². The van der Waals surface area contributed by atoms with Gasteiger partial charge < -0.3 is 15.8 Å². The van der Waals surface area contributed by atoms with Crippen molar-refractivity contribution in [2.75, 3.05) is 17.7 Å². The molecule has 0 aliphatic rings. The van der Waals surface area contributed by atoms with Gasteiger partial charge >= 0.3 is 5.97 Å². The topological polar surface area (TPSA) is 105 Å². The van der Waals surface area contributed by atoms with Crippen molar-refractivity contribution in [1.29, 1.82) is 5.26 Å². The Kier molecular flexibility index (Phi) is 6.28. The molecule has 0 bridgehead atoms. The van der Waals surface area contributed by atoms with Gasteiger partial charge in [0.25, 0.3) is 5.91 Å². The minimum atomic E-state index is -0.670. The number of hydrogen-bond acceptors (Lipinski definition) is 6. The number of thiocyanates is 1. The summed E-state index contributed by atoms with van der Waals surface area (Å²) >= 11 is 6.82. The van der Waals surface area contributed by atoms with Gasteiger partial charge in [0, 0.05) is 10.6 Å². The SMILES string of the molecule is Cc1cc(SC#N)ccc1NC(=O)COC(=O)c1ccc(Cl)c(N)c1. The molecule has 0 heterocycles. The lowest BCUT2D eigenvalue weighted by Gasteiger charge is -2.10. The third kappa shape index (κ3) is 5.14. The van der Waals surface area contributed by atoms with E-state index in [4.69, 9.17) is 27.3 Å². The zero-order chi connectivity index (χ0) is 18.4. The van der Waals surface area contributed by atoms with E-state index in [0.717, 1.165) is 22.2 Å². The summed E-state index contributed by atoms with van der Waals surface area (Å²) in [5, 5.41) is 13.6.